The molecule has 0 spiro atoms. The van der Waals surface area contributed by atoms with Gasteiger partial charge in [-0.1, -0.05) is 48.5 Å². The van der Waals surface area contributed by atoms with Crippen LogP contribution in [0.25, 0.3) is 16.7 Å². The molecule has 0 aliphatic carbocycles. The summed E-state index contributed by atoms with van der Waals surface area (Å²) in [5.74, 6) is 0.377. The van der Waals surface area contributed by atoms with Crippen molar-refractivity contribution >= 4 is 22.6 Å². The van der Waals surface area contributed by atoms with E-state index in [9.17, 15) is 9.59 Å². The van der Waals surface area contributed by atoms with Crippen molar-refractivity contribution in [1.29, 1.82) is 5.41 Å². The maximum Gasteiger partial charge on any atom is 0.267 e. The van der Waals surface area contributed by atoms with Gasteiger partial charge in [-0.25, -0.2) is 4.98 Å². The van der Waals surface area contributed by atoms with E-state index in [4.69, 9.17) is 15.1 Å². The molecule has 1 amide bonds. The summed E-state index contributed by atoms with van der Waals surface area (Å²) in [4.78, 5) is 31.3. The van der Waals surface area contributed by atoms with Gasteiger partial charge in [-0.15, -0.1) is 0 Å². The third-order valence-electron chi connectivity index (χ3n) is 6.39. The zero-order chi connectivity index (χ0) is 25.8. The molecule has 5 rings (SSSR count). The van der Waals surface area contributed by atoms with E-state index >= 15 is 0 Å². The maximum absolute atomic E-state index is 13.4. The number of aryl methyl sites for hydroxylation is 2. The average Bonchev–Trinajstić information content (AvgIpc) is 2.93. The summed E-state index contributed by atoms with van der Waals surface area (Å²) in [6.45, 7) is 0.795. The summed E-state index contributed by atoms with van der Waals surface area (Å²) in [5, 5.41) is 12.1. The summed E-state index contributed by atoms with van der Waals surface area (Å²) in [7, 11) is 1.62. The fourth-order valence-corrected chi connectivity index (χ4v) is 4.37. The highest BCUT2D eigenvalue weighted by Crippen LogP contribution is 2.13. The topological polar surface area (TPSA) is 101 Å². The number of hydrogen-bond acceptors (Lipinski definition) is 5. The lowest BCUT2D eigenvalue weighted by molar-refractivity contribution is 0.0951. The highest BCUT2D eigenvalue weighted by Gasteiger charge is 2.17. The number of carbonyl (C=O) groups is 1. The molecule has 8 nitrogen and oxygen atoms in total. The van der Waals surface area contributed by atoms with Crippen molar-refractivity contribution in [3.63, 3.8) is 0 Å². The van der Waals surface area contributed by atoms with Gasteiger partial charge in [0.25, 0.3) is 11.5 Å². The van der Waals surface area contributed by atoms with Crippen molar-refractivity contribution in [1.82, 2.24) is 19.3 Å². The number of nitrogens with zero attached hydrogens (tertiary/aromatic N) is 3. The van der Waals surface area contributed by atoms with Gasteiger partial charge < -0.3 is 14.6 Å². The monoisotopic (exact) mass is 493 g/mol. The number of hydrogen-bond donors (Lipinski definition) is 2. The highest BCUT2D eigenvalue weighted by molar-refractivity contribution is 5.96. The molecule has 37 heavy (non-hydrogen) atoms. The van der Waals surface area contributed by atoms with Gasteiger partial charge in [0.1, 0.15) is 22.5 Å². The molecule has 0 saturated heterocycles. The van der Waals surface area contributed by atoms with Gasteiger partial charge in [0.2, 0.25) is 0 Å². The number of carbonyl (C=O) groups excluding carboxylic acids is 1. The molecular weight excluding hydrogens is 466 g/mol. The molecular formula is C29H27N5O3. The minimum atomic E-state index is -0.397. The van der Waals surface area contributed by atoms with Crippen LogP contribution in [0.5, 0.6) is 5.75 Å². The molecule has 3 aromatic heterocycles. The number of fused-ring (bicyclic) bond motifs is 2. The highest BCUT2D eigenvalue weighted by atomic mass is 16.5. The van der Waals surface area contributed by atoms with E-state index in [1.165, 1.54) is 10.5 Å². The van der Waals surface area contributed by atoms with E-state index in [0.29, 0.717) is 42.6 Å². The van der Waals surface area contributed by atoms with E-state index in [-0.39, 0.29) is 16.6 Å². The normalized spacial score (nSPS) is 11.1. The fourth-order valence-electron chi connectivity index (χ4n) is 4.37. The van der Waals surface area contributed by atoms with Crippen molar-refractivity contribution in [2.75, 3.05) is 13.7 Å². The Balaban J connectivity index is 1.50. The number of nitrogens with one attached hydrogen (secondary N) is 2. The van der Waals surface area contributed by atoms with Gasteiger partial charge >= 0.3 is 0 Å². The largest absolute Gasteiger partial charge is 0.497 e. The lowest BCUT2D eigenvalue weighted by Gasteiger charge is -2.15. The van der Waals surface area contributed by atoms with E-state index in [2.05, 4.69) is 5.32 Å². The summed E-state index contributed by atoms with van der Waals surface area (Å²) in [5.41, 5.74) is 2.92. The lowest BCUT2D eigenvalue weighted by Crippen LogP contribution is -2.36. The average molecular weight is 494 g/mol. The van der Waals surface area contributed by atoms with Crippen molar-refractivity contribution < 1.29 is 9.53 Å². The number of aromatic nitrogens is 3. The Kier molecular flexibility index (Phi) is 6.81. The summed E-state index contributed by atoms with van der Waals surface area (Å²) in [6, 6.07) is 24.4. The van der Waals surface area contributed by atoms with Crippen molar-refractivity contribution in [3.8, 4) is 5.75 Å². The second-order valence-corrected chi connectivity index (χ2v) is 8.73. The van der Waals surface area contributed by atoms with Crippen LogP contribution in [0.4, 0.5) is 0 Å². The summed E-state index contributed by atoms with van der Waals surface area (Å²) in [6.07, 6.45) is 2.91. The van der Waals surface area contributed by atoms with Gasteiger partial charge in [-0.05, 0) is 54.3 Å². The minimum Gasteiger partial charge on any atom is -0.497 e. The zero-order valence-electron chi connectivity index (χ0n) is 20.5. The maximum atomic E-state index is 13.4. The molecule has 0 fully saturated rings. The number of pyridine rings is 2. The predicted molar refractivity (Wildman–Crippen MR) is 142 cm³/mol. The first kappa shape index (κ1) is 24.0. The standard InChI is InChI=1S/C29H27N5O3/c1-37-22-12-10-21(11-13-22)14-16-31-28(35)23-19-24-27(32-25-9-5-6-17-33(25)29(24)36)34(26(23)30)18-15-20-7-3-2-4-8-20/h2-13,17,19,30H,14-16,18H2,1H3,(H,31,35). The van der Waals surface area contributed by atoms with Crippen molar-refractivity contribution in [3.05, 3.63) is 118 Å². The molecule has 186 valence electrons. The van der Waals surface area contributed by atoms with Crippen LogP contribution in [0.2, 0.25) is 0 Å². The Bertz CT molecular complexity index is 1690. The second kappa shape index (κ2) is 10.5. The van der Waals surface area contributed by atoms with E-state index in [1.54, 1.807) is 30.0 Å². The van der Waals surface area contributed by atoms with Gasteiger partial charge in [-0.3, -0.25) is 19.4 Å². The number of amides is 1. The molecule has 0 aliphatic heterocycles. The first-order chi connectivity index (χ1) is 18.0. The fraction of sp³-hybridized carbons (Fsp3) is 0.172. The van der Waals surface area contributed by atoms with Crippen LogP contribution in [-0.4, -0.2) is 33.5 Å². The van der Waals surface area contributed by atoms with Crippen LogP contribution < -0.4 is 21.1 Å². The summed E-state index contributed by atoms with van der Waals surface area (Å²) < 4.78 is 8.31. The number of ether oxygens (including phenoxy) is 1. The van der Waals surface area contributed by atoms with E-state index in [1.807, 2.05) is 60.7 Å². The Labute approximate surface area is 213 Å². The molecule has 0 atom stereocenters. The zero-order valence-corrected chi connectivity index (χ0v) is 20.5. The smallest absolute Gasteiger partial charge is 0.267 e. The minimum absolute atomic E-state index is 0.0255. The molecule has 0 bridgehead atoms. The van der Waals surface area contributed by atoms with Crippen LogP contribution in [-0.2, 0) is 19.4 Å². The van der Waals surface area contributed by atoms with E-state index < -0.39 is 5.91 Å². The first-order valence-corrected chi connectivity index (χ1v) is 12.1. The Morgan fingerprint density at radius 3 is 2.46 bits per heavy atom. The van der Waals surface area contributed by atoms with Crippen LogP contribution in [0.1, 0.15) is 21.5 Å². The van der Waals surface area contributed by atoms with Crippen molar-refractivity contribution in [2.45, 2.75) is 19.4 Å². The second-order valence-electron chi connectivity index (χ2n) is 8.73. The lowest BCUT2D eigenvalue weighted by atomic mass is 10.1. The van der Waals surface area contributed by atoms with Crippen LogP contribution >= 0.6 is 0 Å². The molecule has 0 radical (unpaired) electrons. The molecule has 0 unspecified atom stereocenters. The Hall–Kier alpha value is -4.72. The van der Waals surface area contributed by atoms with Gasteiger partial charge in [0.15, 0.2) is 0 Å². The number of benzene rings is 2. The number of methoxy groups -OCH3 is 1. The molecule has 0 aliphatic rings. The first-order valence-electron chi connectivity index (χ1n) is 12.1. The molecule has 5 aromatic rings. The van der Waals surface area contributed by atoms with Crippen molar-refractivity contribution in [2.24, 2.45) is 0 Å². The molecule has 0 saturated carbocycles. The Morgan fingerprint density at radius 1 is 0.973 bits per heavy atom. The number of rotatable bonds is 8. The predicted octanol–water partition coefficient (Wildman–Crippen LogP) is 3.35. The SMILES string of the molecule is COc1ccc(CCNC(=O)c2cc3c(=O)n4ccccc4nc3n(CCc3ccccc3)c2=N)cc1. The van der Waals surface area contributed by atoms with E-state index in [0.717, 1.165) is 16.9 Å². The van der Waals surface area contributed by atoms with Gasteiger partial charge in [0.05, 0.1) is 18.1 Å². The molecule has 2 N–H and O–H groups in total. The third kappa shape index (κ3) is 4.99. The van der Waals surface area contributed by atoms with Gasteiger partial charge in [0, 0.05) is 19.3 Å². The molecule has 8 heteroatoms. The molecule has 2 aromatic carbocycles. The van der Waals surface area contributed by atoms with Crippen LogP contribution in [0.3, 0.4) is 0 Å². The third-order valence-corrected chi connectivity index (χ3v) is 6.39. The summed E-state index contributed by atoms with van der Waals surface area (Å²) >= 11 is 0. The van der Waals surface area contributed by atoms with Gasteiger partial charge in [-0.2, -0.15) is 0 Å². The Morgan fingerprint density at radius 2 is 1.70 bits per heavy atom. The van der Waals surface area contributed by atoms with Crippen LogP contribution in [0, 0.1) is 5.41 Å². The quantitative estimate of drug-likeness (QED) is 0.324. The van der Waals surface area contributed by atoms with Crippen LogP contribution in [0.15, 0.2) is 89.9 Å². The molecule has 3 heterocycles.